The van der Waals surface area contributed by atoms with Gasteiger partial charge in [-0.1, -0.05) is 0 Å². The third-order valence-electron chi connectivity index (χ3n) is 2.66. The van der Waals surface area contributed by atoms with Gasteiger partial charge in [0.05, 0.1) is 14.2 Å². The Labute approximate surface area is 105 Å². The van der Waals surface area contributed by atoms with E-state index in [1.807, 2.05) is 0 Å². The summed E-state index contributed by atoms with van der Waals surface area (Å²) in [6.45, 7) is 0. The van der Waals surface area contributed by atoms with Crippen molar-refractivity contribution >= 4 is 11.7 Å². The maximum atomic E-state index is 10.5. The molecule has 6 nitrogen and oxygen atoms in total. The number of benzene rings is 1. The summed E-state index contributed by atoms with van der Waals surface area (Å²) in [7, 11) is 3.00. The monoisotopic (exact) mass is 254 g/mol. The first-order valence-corrected chi connectivity index (χ1v) is 5.48. The zero-order chi connectivity index (χ0) is 13.7. The van der Waals surface area contributed by atoms with Crippen LogP contribution in [0.25, 0.3) is 0 Å². The lowest BCUT2D eigenvalue weighted by Gasteiger charge is -2.16. The highest BCUT2D eigenvalue weighted by atomic mass is 16.5. The van der Waals surface area contributed by atoms with Gasteiger partial charge in [0.2, 0.25) is 0 Å². The van der Waals surface area contributed by atoms with Crippen molar-refractivity contribution in [1.82, 2.24) is 0 Å². The summed E-state index contributed by atoms with van der Waals surface area (Å²) < 4.78 is 10.3. The lowest BCUT2D eigenvalue weighted by atomic mass is 10.0. The lowest BCUT2D eigenvalue weighted by molar-refractivity contribution is -0.137. The quantitative estimate of drug-likeness (QED) is 0.657. The molecule has 0 fully saturated rings. The highest BCUT2D eigenvalue weighted by Gasteiger charge is 2.14. The number of aliphatic carboxylic acids is 1. The molecule has 1 rings (SSSR count). The van der Waals surface area contributed by atoms with Gasteiger partial charge in [0.1, 0.15) is 17.2 Å². The van der Waals surface area contributed by atoms with Crippen LogP contribution < -0.4 is 20.9 Å². The number of carboxylic acids is 1. The van der Waals surface area contributed by atoms with E-state index in [0.29, 0.717) is 23.6 Å². The summed E-state index contributed by atoms with van der Waals surface area (Å²) in [4.78, 5) is 10.5. The standard InChI is InChI=1S/C12H18N2O4/c1-17-9-5-7(6-10(18-2)12(9)14)8(13)3-4-11(15)16/h5-6,8H,3-4,13-14H2,1-2H3,(H,15,16). The summed E-state index contributed by atoms with van der Waals surface area (Å²) >= 11 is 0. The molecule has 0 aromatic heterocycles. The number of hydrogen-bond donors (Lipinski definition) is 3. The van der Waals surface area contributed by atoms with Crippen LogP contribution in [-0.2, 0) is 4.79 Å². The van der Waals surface area contributed by atoms with Crippen molar-refractivity contribution < 1.29 is 19.4 Å². The van der Waals surface area contributed by atoms with Crippen LogP contribution in [0.3, 0.4) is 0 Å². The molecule has 0 saturated carbocycles. The lowest BCUT2D eigenvalue weighted by Crippen LogP contribution is -2.13. The van der Waals surface area contributed by atoms with Gasteiger partial charge in [-0.25, -0.2) is 0 Å². The van der Waals surface area contributed by atoms with Gasteiger partial charge in [0.15, 0.2) is 0 Å². The number of hydrogen-bond acceptors (Lipinski definition) is 5. The molecule has 0 spiro atoms. The van der Waals surface area contributed by atoms with Crippen molar-refractivity contribution in [2.45, 2.75) is 18.9 Å². The normalized spacial score (nSPS) is 11.9. The fourth-order valence-corrected chi connectivity index (χ4v) is 1.62. The minimum absolute atomic E-state index is 0.0101. The number of methoxy groups -OCH3 is 2. The summed E-state index contributed by atoms with van der Waals surface area (Å²) in [5.74, 6) is 0.0603. The molecule has 100 valence electrons. The Bertz CT molecular complexity index is 409. The van der Waals surface area contributed by atoms with Crippen LogP contribution in [0.5, 0.6) is 11.5 Å². The zero-order valence-electron chi connectivity index (χ0n) is 10.5. The van der Waals surface area contributed by atoms with Crippen LogP contribution in [0, 0.1) is 0 Å². The molecule has 1 aromatic carbocycles. The molecule has 1 unspecified atom stereocenters. The second kappa shape index (κ2) is 6.11. The molecule has 0 aliphatic carbocycles. The van der Waals surface area contributed by atoms with E-state index in [4.69, 9.17) is 26.0 Å². The van der Waals surface area contributed by atoms with E-state index in [9.17, 15) is 4.79 Å². The Hall–Kier alpha value is -1.95. The number of carboxylic acid groups (broad SMARTS) is 1. The fourth-order valence-electron chi connectivity index (χ4n) is 1.62. The molecule has 6 heteroatoms. The second-order valence-electron chi connectivity index (χ2n) is 3.88. The minimum atomic E-state index is -0.875. The van der Waals surface area contributed by atoms with Crippen LogP contribution in [0.15, 0.2) is 12.1 Å². The molecule has 1 aromatic rings. The average molecular weight is 254 g/mol. The van der Waals surface area contributed by atoms with Crippen LogP contribution in [0.4, 0.5) is 5.69 Å². The van der Waals surface area contributed by atoms with E-state index in [1.165, 1.54) is 14.2 Å². The highest BCUT2D eigenvalue weighted by Crippen LogP contribution is 2.35. The van der Waals surface area contributed by atoms with Gasteiger partial charge >= 0.3 is 5.97 Å². The van der Waals surface area contributed by atoms with E-state index in [1.54, 1.807) is 12.1 Å². The van der Waals surface area contributed by atoms with Gasteiger partial charge in [-0.15, -0.1) is 0 Å². The number of ether oxygens (including phenoxy) is 2. The molecule has 0 saturated heterocycles. The van der Waals surface area contributed by atoms with Crippen molar-refractivity contribution in [2.24, 2.45) is 5.73 Å². The smallest absolute Gasteiger partial charge is 0.303 e. The predicted molar refractivity (Wildman–Crippen MR) is 67.8 cm³/mol. The third-order valence-corrected chi connectivity index (χ3v) is 2.66. The van der Waals surface area contributed by atoms with E-state index in [2.05, 4.69) is 0 Å². The van der Waals surface area contributed by atoms with Crippen molar-refractivity contribution in [3.63, 3.8) is 0 Å². The molecule has 0 bridgehead atoms. The SMILES string of the molecule is COc1cc(C(N)CCC(=O)O)cc(OC)c1N. The number of nitrogen functional groups attached to an aromatic ring is 1. The van der Waals surface area contributed by atoms with Gasteiger partial charge in [0, 0.05) is 12.5 Å². The Morgan fingerprint density at radius 2 is 1.83 bits per heavy atom. The first-order chi connectivity index (χ1) is 8.49. The molecule has 5 N–H and O–H groups in total. The van der Waals surface area contributed by atoms with Crippen molar-refractivity contribution in [3.05, 3.63) is 17.7 Å². The summed E-state index contributed by atoms with van der Waals surface area (Å²) in [6, 6.07) is 3.00. The number of nitrogens with two attached hydrogens (primary N) is 2. The zero-order valence-corrected chi connectivity index (χ0v) is 10.5. The number of anilines is 1. The Kier molecular flexibility index (Phi) is 4.79. The van der Waals surface area contributed by atoms with Crippen LogP contribution in [-0.4, -0.2) is 25.3 Å². The highest BCUT2D eigenvalue weighted by molar-refractivity contribution is 5.67. The summed E-state index contributed by atoms with van der Waals surface area (Å²) in [6.07, 6.45) is 0.349. The maximum Gasteiger partial charge on any atom is 0.303 e. The summed E-state index contributed by atoms with van der Waals surface area (Å²) in [5.41, 5.74) is 12.9. The Morgan fingerprint density at radius 1 is 1.33 bits per heavy atom. The maximum absolute atomic E-state index is 10.5. The van der Waals surface area contributed by atoms with Crippen molar-refractivity contribution in [2.75, 3.05) is 20.0 Å². The van der Waals surface area contributed by atoms with Crippen LogP contribution in [0.2, 0.25) is 0 Å². The molecule has 0 heterocycles. The molecule has 0 amide bonds. The first-order valence-electron chi connectivity index (χ1n) is 5.48. The van der Waals surface area contributed by atoms with E-state index in [-0.39, 0.29) is 6.42 Å². The Morgan fingerprint density at radius 3 is 2.22 bits per heavy atom. The van der Waals surface area contributed by atoms with Gasteiger partial charge < -0.3 is 26.0 Å². The fraction of sp³-hybridized carbons (Fsp3) is 0.417. The minimum Gasteiger partial charge on any atom is -0.494 e. The van der Waals surface area contributed by atoms with Gasteiger partial charge in [0.25, 0.3) is 0 Å². The molecule has 0 radical (unpaired) electrons. The van der Waals surface area contributed by atoms with E-state index in [0.717, 1.165) is 5.56 Å². The molecular formula is C12H18N2O4. The second-order valence-corrected chi connectivity index (χ2v) is 3.88. The number of rotatable bonds is 6. The van der Waals surface area contributed by atoms with Crippen molar-refractivity contribution in [3.8, 4) is 11.5 Å². The third kappa shape index (κ3) is 3.27. The molecule has 18 heavy (non-hydrogen) atoms. The predicted octanol–water partition coefficient (Wildman–Crippen LogP) is 1.15. The average Bonchev–Trinajstić information content (AvgIpc) is 2.36. The van der Waals surface area contributed by atoms with Crippen molar-refractivity contribution in [1.29, 1.82) is 0 Å². The van der Waals surface area contributed by atoms with E-state index >= 15 is 0 Å². The van der Waals surface area contributed by atoms with Gasteiger partial charge in [-0.3, -0.25) is 4.79 Å². The summed E-state index contributed by atoms with van der Waals surface area (Å²) in [5, 5.41) is 8.63. The van der Waals surface area contributed by atoms with Gasteiger partial charge in [-0.2, -0.15) is 0 Å². The number of carbonyl (C=O) groups is 1. The van der Waals surface area contributed by atoms with Crippen LogP contribution in [0.1, 0.15) is 24.4 Å². The van der Waals surface area contributed by atoms with E-state index < -0.39 is 12.0 Å². The molecular weight excluding hydrogens is 236 g/mol. The molecule has 0 aliphatic rings. The van der Waals surface area contributed by atoms with Crippen LogP contribution >= 0.6 is 0 Å². The Balaban J connectivity index is 2.97. The molecule has 1 atom stereocenters. The first kappa shape index (κ1) is 14.1. The van der Waals surface area contributed by atoms with Gasteiger partial charge in [-0.05, 0) is 24.1 Å². The molecule has 0 aliphatic heterocycles. The topological polar surface area (TPSA) is 108 Å². The largest absolute Gasteiger partial charge is 0.494 e.